The lowest BCUT2D eigenvalue weighted by Crippen LogP contribution is -1.74. The predicted octanol–water partition coefficient (Wildman–Crippen LogP) is 4.95. The number of halogens is 2. The summed E-state index contributed by atoms with van der Waals surface area (Å²) in [6, 6.07) is 12.3. The van der Waals surface area contributed by atoms with Gasteiger partial charge in [-0.2, -0.15) is 0 Å². The van der Waals surface area contributed by atoms with Gasteiger partial charge >= 0.3 is 0 Å². The average molecular weight is 373 g/mol. The highest BCUT2D eigenvalue weighted by molar-refractivity contribution is 14.1. The van der Waals surface area contributed by atoms with Crippen LogP contribution in [0.4, 0.5) is 0 Å². The second-order valence-corrected chi connectivity index (χ2v) is 5.27. The first-order valence-electron chi connectivity index (χ1n) is 4.52. The van der Waals surface area contributed by atoms with Crippen LogP contribution in [-0.4, -0.2) is 0 Å². The van der Waals surface area contributed by atoms with Crippen molar-refractivity contribution in [2.75, 3.05) is 0 Å². The van der Waals surface area contributed by atoms with Gasteiger partial charge in [0, 0.05) is 15.2 Å². The zero-order chi connectivity index (χ0) is 10.4. The largest absolute Gasteiger partial charge is 0.455 e. The van der Waals surface area contributed by atoms with Gasteiger partial charge in [0.25, 0.3) is 0 Å². The van der Waals surface area contributed by atoms with E-state index < -0.39 is 0 Å². The number of rotatable bonds is 0. The highest BCUT2D eigenvalue weighted by atomic mass is 127. The van der Waals surface area contributed by atoms with Crippen LogP contribution in [0.25, 0.3) is 21.9 Å². The predicted molar refractivity (Wildman–Crippen MR) is 74.1 cm³/mol. The van der Waals surface area contributed by atoms with Gasteiger partial charge < -0.3 is 4.42 Å². The van der Waals surface area contributed by atoms with Crippen molar-refractivity contribution in [2.24, 2.45) is 0 Å². The Balaban J connectivity index is 2.60. The summed E-state index contributed by atoms with van der Waals surface area (Å²) in [5.41, 5.74) is 1.91. The maximum Gasteiger partial charge on any atom is 0.149 e. The van der Waals surface area contributed by atoms with Crippen molar-refractivity contribution in [2.45, 2.75) is 0 Å². The Bertz CT molecular complexity index is 657. The summed E-state index contributed by atoms with van der Waals surface area (Å²) in [6.45, 7) is 0. The van der Waals surface area contributed by atoms with Gasteiger partial charge in [-0.25, -0.2) is 0 Å². The van der Waals surface area contributed by atoms with Gasteiger partial charge in [-0.1, -0.05) is 18.2 Å². The van der Waals surface area contributed by atoms with Crippen molar-refractivity contribution < 1.29 is 4.42 Å². The van der Waals surface area contributed by atoms with Gasteiger partial charge in [-0.3, -0.25) is 0 Å². The molecule has 3 heteroatoms. The Morgan fingerprint density at radius 2 is 1.80 bits per heavy atom. The van der Waals surface area contributed by atoms with Crippen molar-refractivity contribution in [3.05, 3.63) is 44.4 Å². The van der Waals surface area contributed by atoms with Crippen LogP contribution in [0.1, 0.15) is 0 Å². The standard InChI is InChI=1S/C12H6BrIO/c13-9-6-5-8-7-3-1-2-4-10(7)15-12(8)11(9)14/h1-6H. The second kappa shape index (κ2) is 3.49. The molecule has 0 spiro atoms. The lowest BCUT2D eigenvalue weighted by atomic mass is 10.2. The van der Waals surface area contributed by atoms with E-state index >= 15 is 0 Å². The smallest absolute Gasteiger partial charge is 0.149 e. The van der Waals surface area contributed by atoms with Crippen molar-refractivity contribution in [1.29, 1.82) is 0 Å². The summed E-state index contributed by atoms with van der Waals surface area (Å²) in [5, 5.41) is 2.36. The van der Waals surface area contributed by atoms with Gasteiger partial charge in [0.15, 0.2) is 0 Å². The quantitative estimate of drug-likeness (QED) is 0.509. The molecule has 0 saturated heterocycles. The van der Waals surface area contributed by atoms with E-state index in [1.807, 2.05) is 18.2 Å². The van der Waals surface area contributed by atoms with Crippen molar-refractivity contribution in [3.8, 4) is 0 Å². The van der Waals surface area contributed by atoms with Crippen LogP contribution < -0.4 is 0 Å². The minimum Gasteiger partial charge on any atom is -0.455 e. The average Bonchev–Trinajstić information content (AvgIpc) is 2.63. The third-order valence-corrected chi connectivity index (χ3v) is 4.91. The minimum atomic E-state index is 0.948. The molecule has 0 amide bonds. The number of furan rings is 1. The summed E-state index contributed by atoms with van der Waals surface area (Å²) in [7, 11) is 0. The molecule has 1 heterocycles. The molecule has 15 heavy (non-hydrogen) atoms. The van der Waals surface area contributed by atoms with E-state index in [-0.39, 0.29) is 0 Å². The van der Waals surface area contributed by atoms with Gasteiger partial charge in [-0.05, 0) is 56.7 Å². The number of fused-ring (bicyclic) bond motifs is 3. The first kappa shape index (κ1) is 9.66. The zero-order valence-electron chi connectivity index (χ0n) is 7.63. The molecule has 0 aliphatic rings. The van der Waals surface area contributed by atoms with Crippen molar-refractivity contribution in [3.63, 3.8) is 0 Å². The molecule has 3 rings (SSSR count). The van der Waals surface area contributed by atoms with E-state index in [0.717, 1.165) is 19.2 Å². The molecule has 1 aromatic heterocycles. The third kappa shape index (κ3) is 1.40. The van der Waals surface area contributed by atoms with E-state index in [4.69, 9.17) is 4.42 Å². The van der Waals surface area contributed by atoms with Gasteiger partial charge in [-0.15, -0.1) is 0 Å². The fourth-order valence-corrected chi connectivity index (χ4v) is 2.62. The molecule has 0 bridgehead atoms. The fraction of sp³-hybridized carbons (Fsp3) is 0. The van der Waals surface area contributed by atoms with E-state index in [0.29, 0.717) is 0 Å². The van der Waals surface area contributed by atoms with Crippen LogP contribution in [0, 0.1) is 3.57 Å². The molecule has 0 aliphatic heterocycles. The molecule has 1 nitrogen and oxygen atoms in total. The Labute approximate surface area is 109 Å². The molecule has 74 valence electrons. The molecule has 0 aliphatic carbocycles. The van der Waals surface area contributed by atoms with Crippen molar-refractivity contribution in [1.82, 2.24) is 0 Å². The monoisotopic (exact) mass is 372 g/mol. The van der Waals surface area contributed by atoms with Crippen LogP contribution >= 0.6 is 38.5 Å². The maximum atomic E-state index is 5.83. The Morgan fingerprint density at radius 1 is 1.00 bits per heavy atom. The Hall–Kier alpha value is -0.550. The molecule has 3 aromatic rings. The minimum absolute atomic E-state index is 0.948. The van der Waals surface area contributed by atoms with Crippen LogP contribution in [0.2, 0.25) is 0 Å². The van der Waals surface area contributed by atoms with E-state index in [9.17, 15) is 0 Å². The fourth-order valence-electron chi connectivity index (χ4n) is 1.73. The van der Waals surface area contributed by atoms with Gasteiger partial charge in [0.1, 0.15) is 11.2 Å². The highest BCUT2D eigenvalue weighted by Gasteiger charge is 2.10. The lowest BCUT2D eigenvalue weighted by Gasteiger charge is -1.95. The molecular formula is C12H6BrIO. The maximum absolute atomic E-state index is 5.83. The van der Waals surface area contributed by atoms with Crippen LogP contribution in [0.3, 0.4) is 0 Å². The first-order valence-corrected chi connectivity index (χ1v) is 6.40. The number of benzene rings is 2. The molecular weight excluding hydrogens is 367 g/mol. The normalized spacial score (nSPS) is 11.3. The third-order valence-electron chi connectivity index (χ3n) is 2.44. The summed E-state index contributed by atoms with van der Waals surface area (Å²) in [6.07, 6.45) is 0. The number of para-hydroxylation sites is 1. The second-order valence-electron chi connectivity index (χ2n) is 3.34. The summed E-state index contributed by atoms with van der Waals surface area (Å²) >= 11 is 5.80. The summed E-state index contributed by atoms with van der Waals surface area (Å²) < 4.78 is 8.03. The molecule has 0 radical (unpaired) electrons. The zero-order valence-corrected chi connectivity index (χ0v) is 11.4. The number of hydrogen-bond donors (Lipinski definition) is 0. The molecule has 0 unspecified atom stereocenters. The molecule has 0 atom stereocenters. The lowest BCUT2D eigenvalue weighted by molar-refractivity contribution is 0.666. The molecule has 0 N–H and O–H groups in total. The van der Waals surface area contributed by atoms with E-state index in [1.165, 1.54) is 10.8 Å². The summed E-state index contributed by atoms with van der Waals surface area (Å²) in [4.78, 5) is 0. The number of hydrogen-bond acceptors (Lipinski definition) is 1. The highest BCUT2D eigenvalue weighted by Crippen LogP contribution is 2.34. The molecule has 0 saturated carbocycles. The van der Waals surface area contributed by atoms with Gasteiger partial charge in [0.05, 0.1) is 3.57 Å². The topological polar surface area (TPSA) is 13.1 Å². The molecule has 2 aromatic carbocycles. The van der Waals surface area contributed by atoms with Crippen LogP contribution in [0.5, 0.6) is 0 Å². The Morgan fingerprint density at radius 3 is 2.67 bits per heavy atom. The summed E-state index contributed by atoms with van der Waals surface area (Å²) in [5.74, 6) is 0. The SMILES string of the molecule is Brc1ccc2c(oc3ccccc32)c1I. The van der Waals surface area contributed by atoms with E-state index in [2.05, 4.69) is 56.7 Å². The molecule has 0 fully saturated rings. The first-order chi connectivity index (χ1) is 7.27. The Kier molecular flexibility index (Phi) is 2.25. The van der Waals surface area contributed by atoms with E-state index in [1.54, 1.807) is 0 Å². The van der Waals surface area contributed by atoms with Crippen molar-refractivity contribution >= 4 is 60.5 Å². The van der Waals surface area contributed by atoms with Gasteiger partial charge in [0.2, 0.25) is 0 Å². The van der Waals surface area contributed by atoms with Crippen LogP contribution in [-0.2, 0) is 0 Å². The van der Waals surface area contributed by atoms with Crippen LogP contribution in [0.15, 0.2) is 45.3 Å².